The number of benzene rings is 4. The number of methoxy groups -OCH3 is 7. The summed E-state index contributed by atoms with van der Waals surface area (Å²) >= 11 is 0. The van der Waals surface area contributed by atoms with E-state index in [9.17, 15) is 0 Å². The van der Waals surface area contributed by atoms with Crippen LogP contribution < -0.4 is 47.4 Å². The molecule has 4 rings (SSSR count). The van der Waals surface area contributed by atoms with Crippen molar-refractivity contribution in [1.82, 2.24) is 0 Å². The largest absolute Gasteiger partial charge is 0.497 e. The second-order valence-corrected chi connectivity index (χ2v) is 9.39. The standard InChI is InChI=1S/C34H38O10/c1-35-25-13-23(14-26(18-25)36-2)20-43-29-10-8-9-28(42-19-22-11-12-27(37-3)30(15-22)38-4)34(29)44-21-24-16-31(39-5)33(41-7)32(17-24)40-6/h8-18H,19-21H2,1-7H3. The average Bonchev–Trinajstić information content (AvgIpc) is 3.07. The van der Waals surface area contributed by atoms with E-state index in [1.807, 2.05) is 60.7 Å². The highest BCUT2D eigenvalue weighted by Gasteiger charge is 2.18. The van der Waals surface area contributed by atoms with Gasteiger partial charge in [-0.15, -0.1) is 0 Å². The van der Waals surface area contributed by atoms with E-state index in [0.717, 1.165) is 16.7 Å². The number of hydrogen-bond donors (Lipinski definition) is 0. The highest BCUT2D eigenvalue weighted by atomic mass is 16.5. The van der Waals surface area contributed by atoms with Gasteiger partial charge in [-0.25, -0.2) is 0 Å². The normalized spacial score (nSPS) is 10.4. The molecule has 0 saturated heterocycles. The fraction of sp³-hybridized carbons (Fsp3) is 0.294. The zero-order chi connectivity index (χ0) is 31.5. The molecule has 0 heterocycles. The van der Waals surface area contributed by atoms with Gasteiger partial charge in [0.1, 0.15) is 31.3 Å². The van der Waals surface area contributed by atoms with Gasteiger partial charge < -0.3 is 47.4 Å². The van der Waals surface area contributed by atoms with Crippen molar-refractivity contribution < 1.29 is 47.4 Å². The van der Waals surface area contributed by atoms with Crippen molar-refractivity contribution in [3.05, 3.63) is 83.4 Å². The van der Waals surface area contributed by atoms with E-state index in [-0.39, 0.29) is 19.8 Å². The van der Waals surface area contributed by atoms with Crippen molar-refractivity contribution in [2.24, 2.45) is 0 Å². The van der Waals surface area contributed by atoms with Crippen LogP contribution in [0.5, 0.6) is 57.5 Å². The van der Waals surface area contributed by atoms with Crippen molar-refractivity contribution in [2.75, 3.05) is 49.8 Å². The molecule has 0 atom stereocenters. The molecule has 0 saturated carbocycles. The molecule has 0 amide bonds. The Morgan fingerprint density at radius 1 is 0.364 bits per heavy atom. The summed E-state index contributed by atoms with van der Waals surface area (Å²) in [6, 6.07) is 20.3. The first-order valence-corrected chi connectivity index (χ1v) is 13.7. The molecule has 0 aromatic heterocycles. The predicted molar refractivity (Wildman–Crippen MR) is 165 cm³/mol. The first kappa shape index (κ1) is 31.8. The highest BCUT2D eigenvalue weighted by molar-refractivity contribution is 5.55. The monoisotopic (exact) mass is 606 g/mol. The molecule has 0 radical (unpaired) electrons. The van der Waals surface area contributed by atoms with E-state index >= 15 is 0 Å². The second kappa shape index (κ2) is 15.4. The smallest absolute Gasteiger partial charge is 0.203 e. The Morgan fingerprint density at radius 2 is 0.864 bits per heavy atom. The van der Waals surface area contributed by atoms with Crippen LogP contribution in [0.15, 0.2) is 66.7 Å². The minimum Gasteiger partial charge on any atom is -0.497 e. The van der Waals surface area contributed by atoms with Gasteiger partial charge in [-0.2, -0.15) is 0 Å². The van der Waals surface area contributed by atoms with Gasteiger partial charge >= 0.3 is 0 Å². The Morgan fingerprint density at radius 3 is 1.39 bits per heavy atom. The molecular formula is C34H38O10. The molecule has 0 spiro atoms. The van der Waals surface area contributed by atoms with E-state index in [1.165, 1.54) is 0 Å². The summed E-state index contributed by atoms with van der Waals surface area (Å²) < 4.78 is 57.0. The topological polar surface area (TPSA) is 92.3 Å². The third kappa shape index (κ3) is 7.63. The van der Waals surface area contributed by atoms with Crippen LogP contribution in [0, 0.1) is 0 Å². The van der Waals surface area contributed by atoms with Gasteiger partial charge in [0.2, 0.25) is 11.5 Å². The van der Waals surface area contributed by atoms with Crippen molar-refractivity contribution in [3.8, 4) is 57.5 Å². The van der Waals surface area contributed by atoms with E-state index in [0.29, 0.717) is 57.5 Å². The molecular weight excluding hydrogens is 568 g/mol. The minimum absolute atomic E-state index is 0.163. The Hall–Kier alpha value is -5.12. The lowest BCUT2D eigenvalue weighted by atomic mass is 10.2. The summed E-state index contributed by atoms with van der Waals surface area (Å²) in [4.78, 5) is 0. The Labute approximate surface area is 257 Å². The highest BCUT2D eigenvalue weighted by Crippen LogP contribution is 2.41. The minimum atomic E-state index is 0.163. The van der Waals surface area contributed by atoms with Crippen molar-refractivity contribution in [2.45, 2.75) is 19.8 Å². The zero-order valence-electron chi connectivity index (χ0n) is 26.1. The lowest BCUT2D eigenvalue weighted by Crippen LogP contribution is -2.05. The Bertz CT molecular complexity index is 1490. The van der Waals surface area contributed by atoms with Crippen molar-refractivity contribution in [3.63, 3.8) is 0 Å². The Kier molecular flexibility index (Phi) is 11.1. The molecule has 0 aliphatic carbocycles. The maximum Gasteiger partial charge on any atom is 0.203 e. The predicted octanol–water partition coefficient (Wildman–Crippen LogP) is 6.48. The fourth-order valence-corrected chi connectivity index (χ4v) is 4.48. The lowest BCUT2D eigenvalue weighted by molar-refractivity contribution is 0.229. The number of hydrogen-bond acceptors (Lipinski definition) is 10. The molecule has 10 heteroatoms. The van der Waals surface area contributed by atoms with Crippen LogP contribution in [0.4, 0.5) is 0 Å². The molecule has 0 bridgehead atoms. The maximum atomic E-state index is 6.38. The molecule has 0 fully saturated rings. The zero-order valence-corrected chi connectivity index (χ0v) is 26.1. The average molecular weight is 607 g/mol. The van der Waals surface area contributed by atoms with Crippen molar-refractivity contribution >= 4 is 0 Å². The molecule has 10 nitrogen and oxygen atoms in total. The van der Waals surface area contributed by atoms with E-state index in [1.54, 1.807) is 55.8 Å². The van der Waals surface area contributed by atoms with Crippen LogP contribution in [0.1, 0.15) is 16.7 Å². The summed E-state index contributed by atoms with van der Waals surface area (Å²) in [5, 5.41) is 0. The number of rotatable bonds is 16. The van der Waals surface area contributed by atoms with Gasteiger partial charge in [0.15, 0.2) is 34.5 Å². The fourth-order valence-electron chi connectivity index (χ4n) is 4.48. The molecule has 0 aliphatic rings. The second-order valence-electron chi connectivity index (χ2n) is 9.39. The quantitative estimate of drug-likeness (QED) is 0.141. The van der Waals surface area contributed by atoms with E-state index in [2.05, 4.69) is 0 Å². The summed E-state index contributed by atoms with van der Waals surface area (Å²) in [5.74, 6) is 5.51. The number of para-hydroxylation sites is 1. The van der Waals surface area contributed by atoms with Gasteiger partial charge in [-0.3, -0.25) is 0 Å². The van der Waals surface area contributed by atoms with E-state index in [4.69, 9.17) is 47.4 Å². The van der Waals surface area contributed by atoms with Crippen LogP contribution in [0.3, 0.4) is 0 Å². The van der Waals surface area contributed by atoms with Crippen LogP contribution in [0.25, 0.3) is 0 Å². The molecule has 0 aliphatic heterocycles. The lowest BCUT2D eigenvalue weighted by Gasteiger charge is -2.19. The third-order valence-electron chi connectivity index (χ3n) is 6.70. The summed E-state index contributed by atoms with van der Waals surface area (Å²) in [6.45, 7) is 0.640. The SMILES string of the molecule is COc1cc(COc2cccc(OCc3ccc(OC)c(OC)c3)c2OCc2cc(OC)c(OC)c(OC)c2)cc(OC)c1. The van der Waals surface area contributed by atoms with Crippen LogP contribution >= 0.6 is 0 Å². The van der Waals surface area contributed by atoms with Crippen LogP contribution in [-0.4, -0.2) is 49.8 Å². The molecule has 4 aromatic carbocycles. The maximum absolute atomic E-state index is 6.38. The number of ether oxygens (including phenoxy) is 10. The summed E-state index contributed by atoms with van der Waals surface area (Å²) in [6.07, 6.45) is 0. The van der Waals surface area contributed by atoms with Gasteiger partial charge in [0, 0.05) is 6.07 Å². The van der Waals surface area contributed by atoms with E-state index < -0.39 is 0 Å². The first-order chi connectivity index (χ1) is 21.5. The van der Waals surface area contributed by atoms with Crippen LogP contribution in [0.2, 0.25) is 0 Å². The Balaban J connectivity index is 1.64. The molecule has 0 unspecified atom stereocenters. The van der Waals surface area contributed by atoms with Crippen molar-refractivity contribution in [1.29, 1.82) is 0 Å². The first-order valence-electron chi connectivity index (χ1n) is 13.7. The molecule has 44 heavy (non-hydrogen) atoms. The third-order valence-corrected chi connectivity index (χ3v) is 6.70. The molecule has 0 N–H and O–H groups in total. The van der Waals surface area contributed by atoms with Gasteiger partial charge in [0.25, 0.3) is 0 Å². The summed E-state index contributed by atoms with van der Waals surface area (Å²) in [7, 11) is 11.1. The summed E-state index contributed by atoms with van der Waals surface area (Å²) in [5.41, 5.74) is 2.53. The van der Waals surface area contributed by atoms with Gasteiger partial charge in [-0.05, 0) is 65.2 Å². The molecule has 4 aromatic rings. The molecule has 234 valence electrons. The van der Waals surface area contributed by atoms with Crippen LogP contribution in [-0.2, 0) is 19.8 Å². The van der Waals surface area contributed by atoms with Gasteiger partial charge in [0.05, 0.1) is 49.8 Å². The van der Waals surface area contributed by atoms with Gasteiger partial charge in [-0.1, -0.05) is 12.1 Å².